The van der Waals surface area contributed by atoms with Crippen LogP contribution in [0.4, 0.5) is 0 Å². The molecule has 1 aromatic rings. The highest BCUT2D eigenvalue weighted by molar-refractivity contribution is 6.31. The topological polar surface area (TPSA) is 46.3 Å². The summed E-state index contributed by atoms with van der Waals surface area (Å²) < 4.78 is 0. The van der Waals surface area contributed by atoms with Gasteiger partial charge in [0.1, 0.15) is 0 Å². The molecule has 1 aliphatic rings. The molecule has 0 bridgehead atoms. The maximum atomic E-state index is 12.4. The third kappa shape index (κ3) is 2.93. The molecule has 0 aromatic heterocycles. The molecule has 4 heteroatoms. The monoisotopic (exact) mass is 280 g/mol. The maximum Gasteiger partial charge on any atom is 0.240 e. The molecule has 0 fully saturated rings. The van der Waals surface area contributed by atoms with Crippen LogP contribution in [0.15, 0.2) is 18.2 Å². The van der Waals surface area contributed by atoms with Gasteiger partial charge in [0.15, 0.2) is 0 Å². The van der Waals surface area contributed by atoms with E-state index in [2.05, 4.69) is 6.92 Å². The minimum absolute atomic E-state index is 0.0555. The Morgan fingerprint density at radius 1 is 1.53 bits per heavy atom. The van der Waals surface area contributed by atoms with E-state index in [1.165, 1.54) is 5.56 Å². The van der Waals surface area contributed by atoms with Crippen LogP contribution in [-0.2, 0) is 17.8 Å². The fraction of sp³-hybridized carbons (Fsp3) is 0.533. The number of amides is 1. The standard InChI is InChI=1S/C15H21ClN2O/c1-3-10(2)14(17)15(19)18-8-7-12-11(9-18)5-4-6-13(12)16/h4-6,10,14H,3,7-9,17H2,1-2H3. The lowest BCUT2D eigenvalue weighted by Crippen LogP contribution is -2.48. The molecule has 2 rings (SSSR count). The van der Waals surface area contributed by atoms with Crippen LogP contribution in [0.25, 0.3) is 0 Å². The van der Waals surface area contributed by atoms with Crippen LogP contribution >= 0.6 is 11.6 Å². The van der Waals surface area contributed by atoms with Crippen LogP contribution in [0.2, 0.25) is 5.02 Å². The number of halogens is 1. The molecule has 0 spiro atoms. The van der Waals surface area contributed by atoms with Crippen LogP contribution in [0, 0.1) is 5.92 Å². The van der Waals surface area contributed by atoms with E-state index in [9.17, 15) is 4.79 Å². The summed E-state index contributed by atoms with van der Waals surface area (Å²) in [4.78, 5) is 14.2. The van der Waals surface area contributed by atoms with Crippen molar-refractivity contribution in [1.82, 2.24) is 4.90 Å². The Balaban J connectivity index is 2.12. The maximum absolute atomic E-state index is 12.4. The number of carbonyl (C=O) groups excluding carboxylic acids is 1. The number of nitrogens with zero attached hydrogens (tertiary/aromatic N) is 1. The summed E-state index contributed by atoms with van der Waals surface area (Å²) in [7, 11) is 0. The Morgan fingerprint density at radius 3 is 2.95 bits per heavy atom. The summed E-state index contributed by atoms with van der Waals surface area (Å²) in [5.41, 5.74) is 8.35. The summed E-state index contributed by atoms with van der Waals surface area (Å²) in [6.07, 6.45) is 1.73. The molecule has 3 nitrogen and oxygen atoms in total. The Labute approximate surface area is 119 Å². The predicted octanol–water partition coefficient (Wildman–Crippen LogP) is 2.60. The predicted molar refractivity (Wildman–Crippen MR) is 78.0 cm³/mol. The highest BCUT2D eigenvalue weighted by atomic mass is 35.5. The zero-order valence-electron chi connectivity index (χ0n) is 11.5. The minimum Gasteiger partial charge on any atom is -0.337 e. The average Bonchev–Trinajstić information content (AvgIpc) is 2.44. The Morgan fingerprint density at radius 2 is 2.26 bits per heavy atom. The highest BCUT2D eigenvalue weighted by Gasteiger charge is 2.28. The molecule has 19 heavy (non-hydrogen) atoms. The number of hydrogen-bond acceptors (Lipinski definition) is 2. The fourth-order valence-corrected chi connectivity index (χ4v) is 2.75. The van der Waals surface area contributed by atoms with Crippen molar-refractivity contribution in [2.24, 2.45) is 11.7 Å². The van der Waals surface area contributed by atoms with Gasteiger partial charge >= 0.3 is 0 Å². The first-order valence-electron chi connectivity index (χ1n) is 6.85. The minimum atomic E-state index is -0.397. The van der Waals surface area contributed by atoms with E-state index in [1.807, 2.05) is 30.0 Å². The molecule has 0 saturated carbocycles. The van der Waals surface area contributed by atoms with Crippen LogP contribution in [-0.4, -0.2) is 23.4 Å². The second-order valence-electron chi connectivity index (χ2n) is 5.30. The number of nitrogens with two attached hydrogens (primary N) is 1. The largest absolute Gasteiger partial charge is 0.337 e. The molecule has 2 unspecified atom stereocenters. The van der Waals surface area contributed by atoms with Gasteiger partial charge in [-0.3, -0.25) is 4.79 Å². The Hall–Kier alpha value is -1.06. The molecule has 0 aliphatic carbocycles. The molecule has 0 radical (unpaired) electrons. The molecule has 2 atom stereocenters. The molecular weight excluding hydrogens is 260 g/mol. The molecule has 1 aromatic carbocycles. The van der Waals surface area contributed by atoms with Gasteiger partial charge in [0, 0.05) is 18.1 Å². The van der Waals surface area contributed by atoms with Gasteiger partial charge in [-0.05, 0) is 29.5 Å². The van der Waals surface area contributed by atoms with Crippen molar-refractivity contribution in [3.63, 3.8) is 0 Å². The van der Waals surface area contributed by atoms with E-state index >= 15 is 0 Å². The van der Waals surface area contributed by atoms with E-state index in [-0.39, 0.29) is 11.8 Å². The molecular formula is C15H21ClN2O. The van der Waals surface area contributed by atoms with Gasteiger partial charge in [-0.2, -0.15) is 0 Å². The lowest BCUT2D eigenvalue weighted by atomic mass is 9.95. The highest BCUT2D eigenvalue weighted by Crippen LogP contribution is 2.26. The van der Waals surface area contributed by atoms with Gasteiger partial charge in [-0.25, -0.2) is 0 Å². The van der Waals surface area contributed by atoms with Crippen molar-refractivity contribution in [3.8, 4) is 0 Å². The van der Waals surface area contributed by atoms with Gasteiger partial charge in [-0.1, -0.05) is 44.0 Å². The third-order valence-electron chi connectivity index (χ3n) is 4.06. The fourth-order valence-electron chi connectivity index (χ4n) is 2.46. The molecule has 1 heterocycles. The quantitative estimate of drug-likeness (QED) is 0.925. The normalized spacial score (nSPS) is 17.8. The van der Waals surface area contributed by atoms with E-state index < -0.39 is 6.04 Å². The van der Waals surface area contributed by atoms with Crippen LogP contribution < -0.4 is 5.73 Å². The van der Waals surface area contributed by atoms with Crippen molar-refractivity contribution in [2.45, 2.75) is 39.3 Å². The number of rotatable bonds is 3. The van der Waals surface area contributed by atoms with Crippen molar-refractivity contribution in [3.05, 3.63) is 34.3 Å². The summed E-state index contributed by atoms with van der Waals surface area (Å²) in [5, 5.41) is 0.802. The summed E-state index contributed by atoms with van der Waals surface area (Å²) >= 11 is 6.18. The zero-order chi connectivity index (χ0) is 14.0. The van der Waals surface area contributed by atoms with Gasteiger partial charge < -0.3 is 10.6 Å². The van der Waals surface area contributed by atoms with Gasteiger partial charge in [-0.15, -0.1) is 0 Å². The molecule has 1 amide bonds. The smallest absolute Gasteiger partial charge is 0.240 e. The number of fused-ring (bicyclic) bond motifs is 1. The SMILES string of the molecule is CCC(C)C(N)C(=O)N1CCc2c(Cl)cccc2C1. The molecule has 1 aliphatic heterocycles. The van der Waals surface area contributed by atoms with Crippen molar-refractivity contribution in [1.29, 1.82) is 0 Å². The van der Waals surface area contributed by atoms with Gasteiger partial charge in [0.2, 0.25) is 5.91 Å². The average molecular weight is 281 g/mol. The molecule has 2 N–H and O–H groups in total. The number of benzene rings is 1. The van der Waals surface area contributed by atoms with Gasteiger partial charge in [0.05, 0.1) is 6.04 Å². The van der Waals surface area contributed by atoms with Crippen LogP contribution in [0.3, 0.4) is 0 Å². The van der Waals surface area contributed by atoms with Crippen molar-refractivity contribution < 1.29 is 4.79 Å². The van der Waals surface area contributed by atoms with Crippen LogP contribution in [0.1, 0.15) is 31.4 Å². The summed E-state index contributed by atoms with van der Waals surface area (Å²) in [6.45, 7) is 5.42. The zero-order valence-corrected chi connectivity index (χ0v) is 12.3. The second kappa shape index (κ2) is 5.93. The lowest BCUT2D eigenvalue weighted by Gasteiger charge is -2.32. The number of carbonyl (C=O) groups is 1. The van der Waals surface area contributed by atoms with Crippen molar-refractivity contribution in [2.75, 3.05) is 6.54 Å². The van der Waals surface area contributed by atoms with E-state index in [0.29, 0.717) is 13.1 Å². The Kier molecular flexibility index (Phi) is 4.48. The first-order chi connectivity index (χ1) is 9.04. The summed E-state index contributed by atoms with van der Waals surface area (Å²) in [6, 6.07) is 5.48. The molecule has 104 valence electrons. The molecule has 0 saturated heterocycles. The van der Waals surface area contributed by atoms with Crippen molar-refractivity contribution >= 4 is 17.5 Å². The first kappa shape index (κ1) is 14.4. The number of hydrogen-bond donors (Lipinski definition) is 1. The van der Waals surface area contributed by atoms with Crippen LogP contribution in [0.5, 0.6) is 0 Å². The van der Waals surface area contributed by atoms with E-state index in [4.69, 9.17) is 17.3 Å². The second-order valence-corrected chi connectivity index (χ2v) is 5.71. The third-order valence-corrected chi connectivity index (χ3v) is 4.42. The Bertz CT molecular complexity index is 475. The summed E-state index contributed by atoms with van der Waals surface area (Å²) in [5.74, 6) is 0.272. The van der Waals surface area contributed by atoms with Gasteiger partial charge in [0.25, 0.3) is 0 Å². The van der Waals surface area contributed by atoms with E-state index in [0.717, 1.165) is 23.4 Å². The van der Waals surface area contributed by atoms with E-state index in [1.54, 1.807) is 0 Å². The lowest BCUT2D eigenvalue weighted by molar-refractivity contribution is -0.134. The first-order valence-corrected chi connectivity index (χ1v) is 7.23.